The summed E-state index contributed by atoms with van der Waals surface area (Å²) in [5.41, 5.74) is 0.234. The molecule has 0 radical (unpaired) electrons. The lowest BCUT2D eigenvalue weighted by atomic mass is 9.94. The van der Waals surface area contributed by atoms with Crippen LogP contribution in [0.2, 0.25) is 0 Å². The van der Waals surface area contributed by atoms with Gasteiger partial charge >= 0.3 is 6.18 Å². The van der Waals surface area contributed by atoms with Crippen molar-refractivity contribution in [2.75, 3.05) is 25.1 Å². The third kappa shape index (κ3) is 5.49. The minimum atomic E-state index is -4.32. The highest BCUT2D eigenvalue weighted by molar-refractivity contribution is 7.90. The lowest BCUT2D eigenvalue weighted by Gasteiger charge is -2.36. The summed E-state index contributed by atoms with van der Waals surface area (Å²) < 4.78 is 60.4. The maximum absolute atomic E-state index is 12.6. The maximum Gasteiger partial charge on any atom is 0.416 e. The van der Waals surface area contributed by atoms with E-state index in [0.29, 0.717) is 13.0 Å². The summed E-state index contributed by atoms with van der Waals surface area (Å²) in [6.45, 7) is 1.51. The van der Waals surface area contributed by atoms with Crippen molar-refractivity contribution in [3.8, 4) is 0 Å². The molecule has 2 rings (SSSR count). The molecule has 0 aliphatic carbocycles. The fraction of sp³-hybridized carbons (Fsp3) is 0.625. The smallest absolute Gasteiger partial charge is 0.296 e. The predicted octanol–water partition coefficient (Wildman–Crippen LogP) is 3.67. The third-order valence-electron chi connectivity index (χ3n) is 4.20. The van der Waals surface area contributed by atoms with Gasteiger partial charge in [-0.05, 0) is 50.0 Å². The van der Waals surface area contributed by atoms with Crippen LogP contribution < -0.4 is 0 Å². The predicted molar refractivity (Wildman–Crippen MR) is 83.9 cm³/mol. The summed E-state index contributed by atoms with van der Waals surface area (Å²) in [4.78, 5) is 2.19. The van der Waals surface area contributed by atoms with Gasteiger partial charge in [0.1, 0.15) is 9.84 Å². The lowest BCUT2D eigenvalue weighted by Crippen LogP contribution is -2.34. The number of piperidine rings is 1. The number of benzene rings is 1. The molecule has 0 amide bonds. The Balaban J connectivity index is 2.05. The van der Waals surface area contributed by atoms with E-state index < -0.39 is 21.6 Å². The zero-order valence-electron chi connectivity index (χ0n) is 13.1. The number of sulfone groups is 1. The number of alkyl halides is 3. The van der Waals surface area contributed by atoms with Gasteiger partial charge in [-0.2, -0.15) is 13.2 Å². The van der Waals surface area contributed by atoms with Crippen molar-refractivity contribution >= 4 is 9.84 Å². The van der Waals surface area contributed by atoms with Crippen molar-refractivity contribution in [2.24, 2.45) is 0 Å². The van der Waals surface area contributed by atoms with E-state index in [1.54, 1.807) is 12.1 Å². The van der Waals surface area contributed by atoms with Crippen molar-refractivity contribution in [3.05, 3.63) is 35.4 Å². The van der Waals surface area contributed by atoms with Gasteiger partial charge in [0.25, 0.3) is 0 Å². The molecule has 3 nitrogen and oxygen atoms in total. The van der Waals surface area contributed by atoms with Gasteiger partial charge in [0.05, 0.1) is 11.3 Å². The summed E-state index contributed by atoms with van der Waals surface area (Å²) in [5, 5.41) is 0. The van der Waals surface area contributed by atoms with Crippen molar-refractivity contribution in [2.45, 2.75) is 37.9 Å². The van der Waals surface area contributed by atoms with E-state index in [4.69, 9.17) is 0 Å². The van der Waals surface area contributed by atoms with Gasteiger partial charge in [0, 0.05) is 12.3 Å². The van der Waals surface area contributed by atoms with Gasteiger partial charge in [-0.25, -0.2) is 8.42 Å². The topological polar surface area (TPSA) is 37.4 Å². The lowest BCUT2D eigenvalue weighted by molar-refractivity contribution is -0.137. The Labute approximate surface area is 135 Å². The summed E-state index contributed by atoms with van der Waals surface area (Å²) in [6.07, 6.45) is 0.418. The molecule has 1 unspecified atom stereocenters. The monoisotopic (exact) mass is 349 g/mol. The summed E-state index contributed by atoms with van der Waals surface area (Å²) in [7, 11) is -2.98. The Hall–Kier alpha value is -1.08. The van der Waals surface area contributed by atoms with Crippen LogP contribution in [-0.2, 0) is 16.0 Å². The Morgan fingerprint density at radius 1 is 1.17 bits per heavy atom. The highest BCUT2D eigenvalue weighted by Crippen LogP contribution is 2.34. The van der Waals surface area contributed by atoms with Crippen LogP contribution in [0.1, 0.15) is 42.9 Å². The highest BCUT2D eigenvalue weighted by atomic mass is 32.2. The van der Waals surface area contributed by atoms with Gasteiger partial charge in [0.15, 0.2) is 0 Å². The van der Waals surface area contributed by atoms with E-state index in [1.165, 1.54) is 6.26 Å². The molecule has 1 saturated heterocycles. The molecular formula is C16H22F3NO2S. The maximum atomic E-state index is 12.6. The van der Waals surface area contributed by atoms with Crippen molar-refractivity contribution in [3.63, 3.8) is 0 Å². The SMILES string of the molecule is CS(=O)(=O)CCCN1CCCCC1c1ccc(C(F)(F)F)cc1. The highest BCUT2D eigenvalue weighted by Gasteiger charge is 2.31. The van der Waals surface area contributed by atoms with Crippen molar-refractivity contribution in [1.82, 2.24) is 4.90 Å². The Morgan fingerprint density at radius 3 is 2.39 bits per heavy atom. The van der Waals surface area contributed by atoms with Crippen LogP contribution in [0.3, 0.4) is 0 Å². The summed E-state index contributed by atoms with van der Waals surface area (Å²) in [6, 6.07) is 5.41. The minimum Gasteiger partial charge on any atom is -0.296 e. The largest absolute Gasteiger partial charge is 0.416 e. The zero-order chi connectivity index (χ0) is 17.1. The second-order valence-corrected chi connectivity index (χ2v) is 8.41. The van der Waals surface area contributed by atoms with E-state index in [0.717, 1.165) is 43.5 Å². The molecule has 23 heavy (non-hydrogen) atoms. The number of halogens is 3. The zero-order valence-corrected chi connectivity index (χ0v) is 14.0. The van der Waals surface area contributed by atoms with Crippen molar-refractivity contribution in [1.29, 1.82) is 0 Å². The number of nitrogens with zero attached hydrogens (tertiary/aromatic N) is 1. The Bertz CT molecular complexity index is 611. The first kappa shape index (κ1) is 18.3. The van der Waals surface area contributed by atoms with Crippen molar-refractivity contribution < 1.29 is 21.6 Å². The molecule has 7 heteroatoms. The van der Waals surface area contributed by atoms with E-state index >= 15 is 0 Å². The fourth-order valence-corrected chi connectivity index (χ4v) is 3.71. The minimum absolute atomic E-state index is 0.0746. The standard InChI is InChI=1S/C16H22F3NO2S/c1-23(21,22)12-4-11-20-10-3-2-5-15(20)13-6-8-14(9-7-13)16(17,18)19/h6-9,15H,2-5,10-12H2,1H3. The molecule has 1 fully saturated rings. The van der Waals surface area contributed by atoms with E-state index in [9.17, 15) is 21.6 Å². The molecule has 1 aromatic carbocycles. The van der Waals surface area contributed by atoms with Gasteiger partial charge in [-0.1, -0.05) is 18.6 Å². The molecule has 0 spiro atoms. The van der Waals surface area contributed by atoms with Crippen LogP contribution in [0.15, 0.2) is 24.3 Å². The van der Waals surface area contributed by atoms with Gasteiger partial charge in [-0.15, -0.1) is 0 Å². The van der Waals surface area contributed by atoms with Gasteiger partial charge in [0.2, 0.25) is 0 Å². The van der Waals surface area contributed by atoms with Crippen LogP contribution in [0.4, 0.5) is 13.2 Å². The molecule has 1 atom stereocenters. The fourth-order valence-electron chi connectivity index (χ4n) is 3.06. The summed E-state index contributed by atoms with van der Waals surface area (Å²) in [5.74, 6) is 0.142. The molecular weight excluding hydrogens is 327 g/mol. The number of rotatable bonds is 5. The van der Waals surface area contributed by atoms with Crippen LogP contribution in [0.25, 0.3) is 0 Å². The Kier molecular flexibility index (Phi) is 5.73. The Morgan fingerprint density at radius 2 is 1.83 bits per heavy atom. The van der Waals surface area contributed by atoms with Gasteiger partial charge < -0.3 is 0 Å². The van der Waals surface area contributed by atoms with Gasteiger partial charge in [-0.3, -0.25) is 4.90 Å². The average Bonchev–Trinajstić information content (AvgIpc) is 2.46. The van der Waals surface area contributed by atoms with Crippen LogP contribution in [-0.4, -0.2) is 38.4 Å². The number of hydrogen-bond acceptors (Lipinski definition) is 3. The molecule has 1 heterocycles. The molecule has 0 bridgehead atoms. The van der Waals surface area contributed by atoms with Crippen LogP contribution in [0.5, 0.6) is 0 Å². The normalized spacial score (nSPS) is 20.6. The second kappa shape index (κ2) is 7.21. The molecule has 130 valence electrons. The first-order valence-electron chi connectivity index (χ1n) is 7.76. The molecule has 0 N–H and O–H groups in total. The average molecular weight is 349 g/mol. The first-order valence-corrected chi connectivity index (χ1v) is 9.82. The second-order valence-electron chi connectivity index (χ2n) is 6.15. The van der Waals surface area contributed by atoms with Crippen LogP contribution >= 0.6 is 0 Å². The molecule has 1 aromatic rings. The summed E-state index contributed by atoms with van der Waals surface area (Å²) >= 11 is 0. The van der Waals surface area contributed by atoms with E-state index in [-0.39, 0.29) is 11.8 Å². The third-order valence-corrected chi connectivity index (χ3v) is 5.23. The number of hydrogen-bond donors (Lipinski definition) is 0. The van der Waals surface area contributed by atoms with E-state index in [1.807, 2.05) is 0 Å². The molecule has 0 saturated carbocycles. The number of likely N-dealkylation sites (tertiary alicyclic amines) is 1. The molecule has 1 aliphatic rings. The molecule has 0 aromatic heterocycles. The molecule has 1 aliphatic heterocycles. The van der Waals surface area contributed by atoms with Crippen LogP contribution in [0, 0.1) is 0 Å². The van der Waals surface area contributed by atoms with E-state index in [2.05, 4.69) is 4.90 Å². The quantitative estimate of drug-likeness (QED) is 0.814. The first-order chi connectivity index (χ1) is 10.7.